The summed E-state index contributed by atoms with van der Waals surface area (Å²) in [5.74, 6) is 1.78. The molecule has 0 aromatic heterocycles. The molecule has 0 saturated carbocycles. The van der Waals surface area contributed by atoms with Gasteiger partial charge in [-0.2, -0.15) is 0 Å². The maximum absolute atomic E-state index is 13.3. The van der Waals surface area contributed by atoms with Gasteiger partial charge in [-0.25, -0.2) is 9.59 Å². The van der Waals surface area contributed by atoms with Crippen molar-refractivity contribution >= 4 is 17.8 Å². The van der Waals surface area contributed by atoms with Crippen molar-refractivity contribution in [2.24, 2.45) is 11.7 Å². The zero-order valence-electron chi connectivity index (χ0n) is 22.0. The van der Waals surface area contributed by atoms with Gasteiger partial charge in [0.15, 0.2) is 5.60 Å². The zero-order chi connectivity index (χ0) is 27.7. The molecule has 3 atom stereocenters. The lowest BCUT2D eigenvalue weighted by atomic mass is 9.82. The molecule has 0 heterocycles. The average Bonchev–Trinajstić information content (AvgIpc) is 2.88. The van der Waals surface area contributed by atoms with Gasteiger partial charge in [0.05, 0.1) is 13.0 Å². The number of carboxylic acid groups (broad SMARTS) is 1. The number of unbranched alkanes of at least 4 members (excludes halogenated alkanes) is 3. The highest BCUT2D eigenvalue weighted by molar-refractivity contribution is 5.92. The molecule has 204 valence electrons. The highest BCUT2D eigenvalue weighted by Crippen LogP contribution is 2.27. The van der Waals surface area contributed by atoms with Crippen molar-refractivity contribution in [3.8, 4) is 17.6 Å². The number of ether oxygens (including phenoxy) is 2. The Bertz CT molecular complexity index is 950. The Morgan fingerprint density at radius 2 is 1.89 bits per heavy atom. The smallest absolute Gasteiger partial charge is 0.336 e. The minimum Gasteiger partial charge on any atom is -0.481 e. The number of nitrogens with two attached hydrogens (primary N) is 1. The molecule has 0 spiro atoms. The van der Waals surface area contributed by atoms with E-state index < -0.39 is 35.4 Å². The third-order valence-electron chi connectivity index (χ3n) is 5.86. The number of hydrogen-bond donors (Lipinski definition) is 4. The van der Waals surface area contributed by atoms with E-state index in [9.17, 15) is 24.6 Å². The number of aliphatic carboxylic acids is 1. The molecular weight excluding hydrogens is 476 g/mol. The second kappa shape index (κ2) is 17.2. The summed E-state index contributed by atoms with van der Waals surface area (Å²) in [5, 5.41) is 23.4. The van der Waals surface area contributed by atoms with Crippen molar-refractivity contribution in [2.75, 3.05) is 20.3 Å². The van der Waals surface area contributed by atoms with Crippen molar-refractivity contribution in [2.45, 2.75) is 70.4 Å². The fourth-order valence-corrected chi connectivity index (χ4v) is 3.80. The molecule has 1 amide bonds. The molecule has 1 aromatic rings. The van der Waals surface area contributed by atoms with Crippen LogP contribution >= 0.6 is 0 Å². The molecule has 0 aliphatic heterocycles. The van der Waals surface area contributed by atoms with Crippen molar-refractivity contribution in [1.82, 2.24) is 5.32 Å². The number of carbonyl (C=O) groups is 3. The highest BCUT2D eigenvalue weighted by Gasteiger charge is 2.46. The van der Waals surface area contributed by atoms with Gasteiger partial charge in [0.1, 0.15) is 18.4 Å². The summed E-state index contributed by atoms with van der Waals surface area (Å²) in [7, 11) is 1.20. The van der Waals surface area contributed by atoms with Gasteiger partial charge in [-0.05, 0) is 56.8 Å². The second-order valence-electron chi connectivity index (χ2n) is 8.67. The van der Waals surface area contributed by atoms with Crippen LogP contribution in [0.3, 0.4) is 0 Å². The first-order valence-electron chi connectivity index (χ1n) is 12.6. The van der Waals surface area contributed by atoms with Crippen LogP contribution in [0.15, 0.2) is 36.4 Å². The lowest BCUT2D eigenvalue weighted by Crippen LogP contribution is -2.54. The second-order valence-corrected chi connectivity index (χ2v) is 8.67. The number of rotatable bonds is 17. The van der Waals surface area contributed by atoms with Crippen LogP contribution in [0, 0.1) is 17.8 Å². The third kappa shape index (κ3) is 10.7. The molecule has 37 heavy (non-hydrogen) atoms. The fraction of sp³-hybridized carbons (Fsp3) is 0.536. The molecule has 0 unspecified atom stereocenters. The van der Waals surface area contributed by atoms with Crippen LogP contribution < -0.4 is 15.8 Å². The van der Waals surface area contributed by atoms with E-state index in [1.807, 2.05) is 0 Å². The van der Waals surface area contributed by atoms with Crippen molar-refractivity contribution in [3.05, 3.63) is 42.0 Å². The van der Waals surface area contributed by atoms with E-state index in [-0.39, 0.29) is 19.4 Å². The number of carbonyl (C=O) groups excluding carboxylic acids is 2. The minimum atomic E-state index is -2.33. The molecular formula is C28H40N2O7. The number of carboxylic acids is 1. The van der Waals surface area contributed by atoms with Gasteiger partial charge < -0.3 is 30.7 Å². The molecule has 0 saturated heterocycles. The minimum absolute atomic E-state index is 0.0995. The first kappa shape index (κ1) is 31.7. The van der Waals surface area contributed by atoms with Crippen LogP contribution in [0.4, 0.5) is 0 Å². The number of allylic oxidation sites excluding steroid dienone is 1. The van der Waals surface area contributed by atoms with Crippen LogP contribution in [0.25, 0.3) is 0 Å². The van der Waals surface area contributed by atoms with E-state index in [1.54, 1.807) is 44.2 Å². The molecule has 0 radical (unpaired) electrons. The first-order chi connectivity index (χ1) is 17.7. The standard InChI is InChI=1S/C28H40N2O7/c1-4-6-19-37-22-15-13-21(14-16-22)20-24(26(32)36-3)30-25(31)23(12-10-8-7-9-11-18-29)28(35,17-5-2)27(33)34/h10,12-16,23-24,35H,5,7-9,11,17-20,29H2,1-3H3,(H,30,31)(H,33,34)/t23-,24+,28+/m1/s1. The highest BCUT2D eigenvalue weighted by atomic mass is 16.5. The third-order valence-corrected chi connectivity index (χ3v) is 5.86. The summed E-state index contributed by atoms with van der Waals surface area (Å²) < 4.78 is 10.4. The van der Waals surface area contributed by atoms with Crippen molar-refractivity contribution in [1.29, 1.82) is 0 Å². The van der Waals surface area contributed by atoms with Crippen LogP contribution in [0.2, 0.25) is 0 Å². The summed E-state index contributed by atoms with van der Waals surface area (Å²) in [6.45, 7) is 4.28. The van der Waals surface area contributed by atoms with Crippen molar-refractivity contribution < 1.29 is 34.1 Å². The van der Waals surface area contributed by atoms with E-state index in [1.165, 1.54) is 13.2 Å². The Kier molecular flexibility index (Phi) is 14.7. The van der Waals surface area contributed by atoms with E-state index in [4.69, 9.17) is 15.2 Å². The van der Waals surface area contributed by atoms with Gasteiger partial charge in [-0.1, -0.05) is 50.0 Å². The Morgan fingerprint density at radius 3 is 2.46 bits per heavy atom. The summed E-state index contributed by atoms with van der Waals surface area (Å²) in [6.07, 6.45) is 6.60. The SMILES string of the molecule is CC#CCOc1ccc(C[C@H](NC(=O)[C@@H](C=CCCCCCN)[C@@](O)(CCC)C(=O)O)C(=O)OC)cc1. The van der Waals surface area contributed by atoms with E-state index in [0.29, 0.717) is 25.1 Å². The van der Waals surface area contributed by atoms with Crippen molar-refractivity contribution in [3.63, 3.8) is 0 Å². The number of esters is 1. The number of amides is 1. The van der Waals surface area contributed by atoms with Gasteiger partial charge >= 0.3 is 11.9 Å². The van der Waals surface area contributed by atoms with E-state index in [2.05, 4.69) is 17.2 Å². The summed E-state index contributed by atoms with van der Waals surface area (Å²) in [5.41, 5.74) is 3.90. The average molecular weight is 517 g/mol. The van der Waals surface area contributed by atoms with E-state index >= 15 is 0 Å². The lowest BCUT2D eigenvalue weighted by Gasteiger charge is -2.30. The fourth-order valence-electron chi connectivity index (χ4n) is 3.80. The Hall–Kier alpha value is -3.35. The van der Waals surface area contributed by atoms with Gasteiger partial charge in [-0.15, -0.1) is 5.92 Å². The van der Waals surface area contributed by atoms with Crippen LogP contribution in [-0.2, 0) is 25.5 Å². The zero-order valence-corrected chi connectivity index (χ0v) is 22.0. The molecule has 9 nitrogen and oxygen atoms in total. The van der Waals surface area contributed by atoms with Gasteiger partial charge in [0.2, 0.25) is 5.91 Å². The maximum atomic E-state index is 13.3. The summed E-state index contributed by atoms with van der Waals surface area (Å²) in [6, 6.07) is 5.86. The van der Waals surface area contributed by atoms with Gasteiger partial charge in [0.25, 0.3) is 0 Å². The maximum Gasteiger partial charge on any atom is 0.336 e. The Morgan fingerprint density at radius 1 is 1.19 bits per heavy atom. The molecule has 1 aromatic carbocycles. The van der Waals surface area contributed by atoms with Crippen LogP contribution in [0.1, 0.15) is 57.9 Å². The van der Waals surface area contributed by atoms with E-state index in [0.717, 1.165) is 24.8 Å². The predicted molar refractivity (Wildman–Crippen MR) is 141 cm³/mol. The van der Waals surface area contributed by atoms with Crippen LogP contribution in [-0.4, -0.2) is 60.0 Å². The number of nitrogens with one attached hydrogen (secondary N) is 1. The molecule has 0 fully saturated rings. The monoisotopic (exact) mass is 516 g/mol. The van der Waals surface area contributed by atoms with Gasteiger partial charge in [0, 0.05) is 6.42 Å². The number of aliphatic hydroxyl groups is 1. The molecule has 1 rings (SSSR count). The van der Waals surface area contributed by atoms with Crippen LogP contribution in [0.5, 0.6) is 5.75 Å². The first-order valence-corrected chi connectivity index (χ1v) is 12.6. The number of methoxy groups -OCH3 is 1. The quantitative estimate of drug-likeness (QED) is 0.107. The summed E-state index contributed by atoms with van der Waals surface area (Å²) >= 11 is 0. The Balaban J connectivity index is 3.10. The van der Waals surface area contributed by atoms with Gasteiger partial charge in [-0.3, -0.25) is 4.79 Å². The lowest BCUT2D eigenvalue weighted by molar-refractivity contribution is -0.167. The molecule has 0 aliphatic rings. The number of benzene rings is 1. The molecule has 0 aliphatic carbocycles. The Labute approximate surface area is 219 Å². The molecule has 5 N–H and O–H groups in total. The normalized spacial score (nSPS) is 14.1. The largest absolute Gasteiger partial charge is 0.481 e. The molecule has 0 bridgehead atoms. The summed E-state index contributed by atoms with van der Waals surface area (Å²) in [4.78, 5) is 37.9. The number of hydrogen-bond acceptors (Lipinski definition) is 7. The molecule has 9 heteroatoms. The topological polar surface area (TPSA) is 148 Å². The predicted octanol–water partition coefficient (Wildman–Crippen LogP) is 2.60.